The van der Waals surface area contributed by atoms with Crippen molar-refractivity contribution in [1.29, 1.82) is 0 Å². The van der Waals surface area contributed by atoms with E-state index < -0.39 is 0 Å². The van der Waals surface area contributed by atoms with E-state index in [2.05, 4.69) is 4.98 Å². The van der Waals surface area contributed by atoms with Crippen LogP contribution in [0, 0.1) is 0 Å². The minimum Gasteiger partial charge on any atom is -0.369 e. The summed E-state index contributed by atoms with van der Waals surface area (Å²) in [4.78, 5) is 4.23. The molecule has 1 saturated heterocycles. The first-order chi connectivity index (χ1) is 6.36. The van der Waals surface area contributed by atoms with Crippen LogP contribution in [0.3, 0.4) is 0 Å². The maximum Gasteiger partial charge on any atom is 0.113 e. The quantitative estimate of drug-likeness (QED) is 0.631. The van der Waals surface area contributed by atoms with Gasteiger partial charge in [0.05, 0.1) is 12.3 Å². The molecule has 1 fully saturated rings. The summed E-state index contributed by atoms with van der Waals surface area (Å²) in [5, 5.41) is 1.77. The van der Waals surface area contributed by atoms with Crippen LogP contribution >= 0.6 is 0 Å². The van der Waals surface area contributed by atoms with Crippen LogP contribution in [0.2, 0.25) is 0 Å². The molecule has 13 heavy (non-hydrogen) atoms. The maximum absolute atomic E-state index is 5.69. The van der Waals surface area contributed by atoms with E-state index in [-0.39, 0.29) is 6.10 Å². The van der Waals surface area contributed by atoms with E-state index in [1.165, 1.54) is 0 Å². The van der Waals surface area contributed by atoms with Gasteiger partial charge in [0, 0.05) is 19.3 Å². The number of morpholine rings is 1. The molecular formula is C9H13N3O. The fourth-order valence-corrected chi connectivity index (χ4v) is 1.41. The third kappa shape index (κ3) is 2.03. The summed E-state index contributed by atoms with van der Waals surface area (Å²) in [5.41, 5.74) is 0.956. The lowest BCUT2D eigenvalue weighted by molar-refractivity contribution is -0.0325. The molecule has 0 amide bonds. The summed E-state index contributed by atoms with van der Waals surface area (Å²) < 4.78 is 5.55. The molecule has 1 atom stereocenters. The summed E-state index contributed by atoms with van der Waals surface area (Å²) in [6.45, 7) is 2.19. The van der Waals surface area contributed by atoms with E-state index in [4.69, 9.17) is 10.6 Å². The number of hydrazine groups is 1. The van der Waals surface area contributed by atoms with Crippen LogP contribution < -0.4 is 5.84 Å². The molecule has 4 nitrogen and oxygen atoms in total. The molecule has 1 aromatic rings. The summed E-state index contributed by atoms with van der Waals surface area (Å²) in [6.07, 6.45) is 1.80. The predicted octanol–water partition coefficient (Wildman–Crippen LogP) is 0.329. The van der Waals surface area contributed by atoms with Crippen molar-refractivity contribution in [3.8, 4) is 0 Å². The molecule has 0 saturated carbocycles. The van der Waals surface area contributed by atoms with Gasteiger partial charge in [0.25, 0.3) is 0 Å². The first-order valence-corrected chi connectivity index (χ1v) is 4.38. The molecule has 2 heterocycles. The fourth-order valence-electron chi connectivity index (χ4n) is 1.41. The summed E-state index contributed by atoms with van der Waals surface area (Å²) >= 11 is 0. The van der Waals surface area contributed by atoms with E-state index in [0.717, 1.165) is 18.8 Å². The highest BCUT2D eigenvalue weighted by Gasteiger charge is 2.20. The molecule has 70 valence electrons. The number of hydrogen-bond acceptors (Lipinski definition) is 4. The van der Waals surface area contributed by atoms with E-state index in [9.17, 15) is 0 Å². The SMILES string of the molecule is NN1CCOC(c2ccccn2)C1. The van der Waals surface area contributed by atoms with Gasteiger partial charge in [-0.25, -0.2) is 5.01 Å². The number of aromatic nitrogens is 1. The van der Waals surface area contributed by atoms with Crippen molar-refractivity contribution in [3.63, 3.8) is 0 Å². The van der Waals surface area contributed by atoms with Crippen LogP contribution in [-0.2, 0) is 4.74 Å². The molecule has 1 aliphatic heterocycles. The zero-order valence-electron chi connectivity index (χ0n) is 7.39. The highest BCUT2D eigenvalue weighted by molar-refractivity contribution is 5.07. The molecule has 2 N–H and O–H groups in total. The molecule has 0 bridgehead atoms. The third-order valence-electron chi connectivity index (χ3n) is 2.12. The van der Waals surface area contributed by atoms with E-state index in [1.54, 1.807) is 11.2 Å². The van der Waals surface area contributed by atoms with Crippen molar-refractivity contribution >= 4 is 0 Å². The second kappa shape index (κ2) is 3.83. The van der Waals surface area contributed by atoms with Gasteiger partial charge < -0.3 is 4.74 Å². The molecule has 0 aromatic carbocycles. The largest absolute Gasteiger partial charge is 0.369 e. The van der Waals surface area contributed by atoms with Gasteiger partial charge in [-0.1, -0.05) is 6.07 Å². The van der Waals surface area contributed by atoms with Crippen LogP contribution in [0.15, 0.2) is 24.4 Å². The zero-order valence-corrected chi connectivity index (χ0v) is 7.39. The lowest BCUT2D eigenvalue weighted by atomic mass is 10.2. The molecule has 0 radical (unpaired) electrons. The Morgan fingerprint density at radius 2 is 2.46 bits per heavy atom. The molecule has 2 rings (SSSR count). The number of pyridine rings is 1. The summed E-state index contributed by atoms with van der Waals surface area (Å²) in [6, 6.07) is 5.82. The van der Waals surface area contributed by atoms with Crippen LogP contribution in [0.4, 0.5) is 0 Å². The van der Waals surface area contributed by atoms with Gasteiger partial charge in [0.2, 0.25) is 0 Å². The zero-order chi connectivity index (χ0) is 9.10. The van der Waals surface area contributed by atoms with Gasteiger partial charge in [0.15, 0.2) is 0 Å². The molecule has 1 unspecified atom stereocenters. The Hall–Kier alpha value is -0.970. The Kier molecular flexibility index (Phi) is 2.54. The second-order valence-electron chi connectivity index (χ2n) is 3.11. The molecule has 1 aliphatic rings. The van der Waals surface area contributed by atoms with E-state index in [1.807, 2.05) is 18.2 Å². The van der Waals surface area contributed by atoms with Gasteiger partial charge in [-0.15, -0.1) is 0 Å². The lowest BCUT2D eigenvalue weighted by Gasteiger charge is -2.29. The average Bonchev–Trinajstić information content (AvgIpc) is 2.19. The number of nitrogens with two attached hydrogens (primary N) is 1. The Morgan fingerprint density at radius 1 is 1.54 bits per heavy atom. The van der Waals surface area contributed by atoms with Gasteiger partial charge in [-0.3, -0.25) is 10.8 Å². The van der Waals surface area contributed by atoms with Crippen molar-refractivity contribution in [2.24, 2.45) is 5.84 Å². The first-order valence-electron chi connectivity index (χ1n) is 4.38. The Morgan fingerprint density at radius 3 is 3.15 bits per heavy atom. The van der Waals surface area contributed by atoms with Crippen LogP contribution in [0.5, 0.6) is 0 Å². The maximum atomic E-state index is 5.69. The Balaban J connectivity index is 2.08. The second-order valence-corrected chi connectivity index (χ2v) is 3.11. The van der Waals surface area contributed by atoms with Crippen LogP contribution in [0.1, 0.15) is 11.8 Å². The molecule has 0 aliphatic carbocycles. The van der Waals surface area contributed by atoms with Crippen molar-refractivity contribution < 1.29 is 4.74 Å². The lowest BCUT2D eigenvalue weighted by Crippen LogP contribution is -2.42. The first kappa shape index (κ1) is 8.62. The average molecular weight is 179 g/mol. The monoisotopic (exact) mass is 179 g/mol. The number of nitrogens with zero attached hydrogens (tertiary/aromatic N) is 2. The van der Waals surface area contributed by atoms with Gasteiger partial charge in [0.1, 0.15) is 6.10 Å². The van der Waals surface area contributed by atoms with Crippen molar-refractivity contribution in [2.75, 3.05) is 19.7 Å². The number of ether oxygens (including phenoxy) is 1. The summed E-state index contributed by atoms with van der Waals surface area (Å²) in [5.74, 6) is 5.69. The molecule has 1 aromatic heterocycles. The number of hydrogen-bond donors (Lipinski definition) is 1. The van der Waals surface area contributed by atoms with Crippen molar-refractivity contribution in [2.45, 2.75) is 6.10 Å². The molecule has 0 spiro atoms. The normalized spacial score (nSPS) is 24.5. The topological polar surface area (TPSA) is 51.4 Å². The smallest absolute Gasteiger partial charge is 0.113 e. The van der Waals surface area contributed by atoms with Gasteiger partial charge >= 0.3 is 0 Å². The van der Waals surface area contributed by atoms with Crippen molar-refractivity contribution in [3.05, 3.63) is 30.1 Å². The third-order valence-corrected chi connectivity index (χ3v) is 2.12. The Bertz CT molecular complexity index is 265. The molecule has 4 heteroatoms. The minimum absolute atomic E-state index is 0.0277. The van der Waals surface area contributed by atoms with Crippen LogP contribution in [0.25, 0.3) is 0 Å². The van der Waals surface area contributed by atoms with Gasteiger partial charge in [-0.2, -0.15) is 0 Å². The number of rotatable bonds is 1. The standard InChI is InChI=1S/C9H13N3O/c10-12-5-6-13-9(7-12)8-3-1-2-4-11-8/h1-4,9H,5-7,10H2. The predicted molar refractivity (Wildman–Crippen MR) is 48.7 cm³/mol. The molecular weight excluding hydrogens is 166 g/mol. The van der Waals surface area contributed by atoms with E-state index in [0.29, 0.717) is 6.61 Å². The van der Waals surface area contributed by atoms with Gasteiger partial charge in [-0.05, 0) is 12.1 Å². The highest BCUT2D eigenvalue weighted by Crippen LogP contribution is 2.17. The Labute approximate surface area is 77.3 Å². The fraction of sp³-hybridized carbons (Fsp3) is 0.444. The summed E-state index contributed by atoms with van der Waals surface area (Å²) in [7, 11) is 0. The van der Waals surface area contributed by atoms with Crippen LogP contribution in [-0.4, -0.2) is 29.7 Å². The van der Waals surface area contributed by atoms with Crippen molar-refractivity contribution in [1.82, 2.24) is 9.99 Å². The van der Waals surface area contributed by atoms with E-state index >= 15 is 0 Å². The minimum atomic E-state index is 0.0277. The highest BCUT2D eigenvalue weighted by atomic mass is 16.5.